The Kier molecular flexibility index (Phi) is 6.31. The van der Waals surface area contributed by atoms with Crippen molar-refractivity contribution in [2.24, 2.45) is 5.92 Å². The van der Waals surface area contributed by atoms with Gasteiger partial charge in [-0.2, -0.15) is 0 Å². The van der Waals surface area contributed by atoms with E-state index < -0.39 is 5.60 Å². The lowest BCUT2D eigenvalue weighted by Gasteiger charge is -2.41. The molecule has 1 saturated carbocycles. The van der Waals surface area contributed by atoms with Crippen LogP contribution in [0.1, 0.15) is 31.2 Å². The minimum atomic E-state index is -0.711. The Morgan fingerprint density at radius 1 is 1.35 bits per heavy atom. The number of benzene rings is 1. The largest absolute Gasteiger partial charge is 0.497 e. The first-order valence-electron chi connectivity index (χ1n) is 7.08. The third kappa shape index (κ3) is 3.66. The number of hydrogen-bond acceptors (Lipinski definition) is 3. The van der Waals surface area contributed by atoms with Crippen LogP contribution in [0.5, 0.6) is 5.75 Å². The molecule has 3 nitrogen and oxygen atoms in total. The first-order chi connectivity index (χ1) is 9.06. The lowest BCUT2D eigenvalue weighted by Crippen LogP contribution is -2.43. The molecule has 0 aromatic heterocycles. The van der Waals surface area contributed by atoms with Crippen molar-refractivity contribution in [3.8, 4) is 5.75 Å². The van der Waals surface area contributed by atoms with Gasteiger partial charge >= 0.3 is 0 Å². The van der Waals surface area contributed by atoms with Crippen LogP contribution in [-0.4, -0.2) is 37.8 Å². The monoisotopic (exact) mass is 298 g/mol. The molecule has 0 spiro atoms. The average Bonchev–Trinajstić information content (AvgIpc) is 2.41. The molecule has 0 heterocycles. The van der Waals surface area contributed by atoms with Crippen molar-refractivity contribution >= 4 is 12.4 Å². The van der Waals surface area contributed by atoms with Gasteiger partial charge in [0.2, 0.25) is 0 Å². The second kappa shape index (κ2) is 7.30. The zero-order chi connectivity index (χ0) is 13.9. The van der Waals surface area contributed by atoms with Gasteiger partial charge in [0.1, 0.15) is 5.75 Å². The number of hydrogen-bond donors (Lipinski definition) is 1. The summed E-state index contributed by atoms with van der Waals surface area (Å²) in [5.74, 6) is 1.11. The molecule has 20 heavy (non-hydrogen) atoms. The zero-order valence-electron chi connectivity index (χ0n) is 12.6. The molecule has 113 valence electrons. The molecule has 0 amide bonds. The van der Waals surface area contributed by atoms with Crippen molar-refractivity contribution in [2.75, 3.05) is 27.7 Å². The van der Waals surface area contributed by atoms with Crippen LogP contribution in [0.25, 0.3) is 0 Å². The van der Waals surface area contributed by atoms with Crippen molar-refractivity contribution in [1.82, 2.24) is 4.90 Å². The van der Waals surface area contributed by atoms with E-state index in [0.29, 0.717) is 5.92 Å². The molecule has 0 aliphatic heterocycles. The van der Waals surface area contributed by atoms with E-state index in [1.165, 1.54) is 6.42 Å². The van der Waals surface area contributed by atoms with Crippen molar-refractivity contribution < 1.29 is 9.84 Å². The Morgan fingerprint density at radius 3 is 2.75 bits per heavy atom. The van der Waals surface area contributed by atoms with Gasteiger partial charge in [-0.1, -0.05) is 25.0 Å². The quantitative estimate of drug-likeness (QED) is 0.925. The van der Waals surface area contributed by atoms with Crippen molar-refractivity contribution in [3.63, 3.8) is 0 Å². The summed E-state index contributed by atoms with van der Waals surface area (Å²) in [7, 11) is 5.81. The highest BCUT2D eigenvalue weighted by molar-refractivity contribution is 5.85. The Morgan fingerprint density at radius 2 is 2.10 bits per heavy atom. The molecule has 2 atom stereocenters. The first-order valence-corrected chi connectivity index (χ1v) is 7.08. The molecular weight excluding hydrogens is 274 g/mol. The Balaban J connectivity index is 0.00000200. The molecule has 0 unspecified atom stereocenters. The maximum Gasteiger partial charge on any atom is 0.119 e. The van der Waals surface area contributed by atoms with Gasteiger partial charge in [0.05, 0.1) is 12.7 Å². The Bertz CT molecular complexity index is 425. The van der Waals surface area contributed by atoms with E-state index in [-0.39, 0.29) is 12.4 Å². The predicted octanol–water partition coefficient (Wildman–Crippen LogP) is 3.32. The summed E-state index contributed by atoms with van der Waals surface area (Å²) in [6, 6.07) is 7.90. The van der Waals surface area contributed by atoms with E-state index in [1.807, 2.05) is 24.3 Å². The third-order valence-corrected chi connectivity index (χ3v) is 4.19. The number of ether oxygens (including phenoxy) is 1. The summed E-state index contributed by atoms with van der Waals surface area (Å²) in [6.45, 7) is 0.924. The first kappa shape index (κ1) is 17.3. The van der Waals surface area contributed by atoms with Crippen LogP contribution in [0, 0.1) is 5.92 Å². The van der Waals surface area contributed by atoms with Crippen LogP contribution >= 0.6 is 12.4 Å². The molecule has 4 heteroatoms. The molecule has 2 rings (SSSR count). The van der Waals surface area contributed by atoms with Crippen LogP contribution in [0.3, 0.4) is 0 Å². The lowest BCUT2D eigenvalue weighted by atomic mass is 9.71. The standard InChI is InChI=1S/C16H25NO2.Cl/c1-17(2)12-14-7-4-5-10-16(14,18)13-8-6-9-15(11-13)19-3;/h6,8-9,11,14,18H,4-5,7,10,12H2,1-3H3;/t14-,16+;/m0./s1. The maximum atomic E-state index is 11.2. The molecular formula is C16H25ClNO2. The fraction of sp³-hybridized carbons (Fsp3) is 0.625. The molecule has 1 aliphatic rings. The second-order valence-electron chi connectivity index (χ2n) is 5.86. The normalized spacial score (nSPS) is 26.1. The molecule has 1 aromatic rings. The van der Waals surface area contributed by atoms with Gasteiger partial charge in [-0.25, -0.2) is 0 Å². The minimum absolute atomic E-state index is 0. The van der Waals surface area contributed by atoms with Gasteiger partial charge in [0, 0.05) is 24.9 Å². The number of methoxy groups -OCH3 is 1. The van der Waals surface area contributed by atoms with Gasteiger partial charge in [0.25, 0.3) is 0 Å². The summed E-state index contributed by atoms with van der Waals surface area (Å²) in [5.41, 5.74) is 0.287. The zero-order valence-corrected chi connectivity index (χ0v) is 13.4. The van der Waals surface area contributed by atoms with E-state index >= 15 is 0 Å². The topological polar surface area (TPSA) is 32.7 Å². The average molecular weight is 299 g/mol. The predicted molar refractivity (Wildman–Crippen MR) is 83.3 cm³/mol. The molecule has 1 N–H and O–H groups in total. The van der Waals surface area contributed by atoms with Gasteiger partial charge in [-0.3, -0.25) is 0 Å². The lowest BCUT2D eigenvalue weighted by molar-refractivity contribution is -0.0619. The van der Waals surface area contributed by atoms with Crippen LogP contribution in [-0.2, 0) is 5.60 Å². The summed E-state index contributed by atoms with van der Waals surface area (Å²) in [5, 5.41) is 11.2. The van der Waals surface area contributed by atoms with Gasteiger partial charge in [-0.05, 0) is 44.6 Å². The Hall–Kier alpha value is -0.770. The Labute approximate surface area is 128 Å². The maximum absolute atomic E-state index is 11.2. The van der Waals surface area contributed by atoms with E-state index in [9.17, 15) is 5.11 Å². The smallest absolute Gasteiger partial charge is 0.119 e. The van der Waals surface area contributed by atoms with Gasteiger partial charge in [-0.15, -0.1) is 0 Å². The van der Waals surface area contributed by atoms with Gasteiger partial charge in [0.15, 0.2) is 0 Å². The molecule has 0 saturated heterocycles. The van der Waals surface area contributed by atoms with Gasteiger partial charge < -0.3 is 14.7 Å². The summed E-state index contributed by atoms with van der Waals surface area (Å²) >= 11 is 0. The molecule has 1 radical (unpaired) electrons. The van der Waals surface area contributed by atoms with E-state index in [4.69, 9.17) is 4.74 Å². The summed E-state index contributed by atoms with van der Waals surface area (Å²) < 4.78 is 5.29. The number of nitrogens with zero attached hydrogens (tertiary/aromatic N) is 1. The van der Waals surface area contributed by atoms with Crippen LogP contribution in [0.4, 0.5) is 0 Å². The number of rotatable bonds is 4. The van der Waals surface area contributed by atoms with Crippen molar-refractivity contribution in [2.45, 2.75) is 31.3 Å². The van der Waals surface area contributed by atoms with Crippen LogP contribution in [0.2, 0.25) is 0 Å². The summed E-state index contributed by atoms with van der Waals surface area (Å²) in [6.07, 6.45) is 4.24. The van der Waals surface area contributed by atoms with Crippen molar-refractivity contribution in [1.29, 1.82) is 0 Å². The van der Waals surface area contributed by atoms with E-state index in [1.54, 1.807) is 7.11 Å². The van der Waals surface area contributed by atoms with Crippen molar-refractivity contribution in [3.05, 3.63) is 29.8 Å². The van der Waals surface area contributed by atoms with Crippen LogP contribution in [0.15, 0.2) is 24.3 Å². The molecule has 0 bridgehead atoms. The summed E-state index contributed by atoms with van der Waals surface area (Å²) in [4.78, 5) is 2.17. The highest BCUT2D eigenvalue weighted by Gasteiger charge is 2.40. The number of aliphatic hydroxyl groups is 1. The highest BCUT2D eigenvalue weighted by atomic mass is 35.5. The SMILES string of the molecule is COc1cccc([C@]2(O)CCCC[C@H]2CN(C)C)c1.[Cl]. The third-order valence-electron chi connectivity index (χ3n) is 4.19. The number of halogens is 1. The van der Waals surface area contributed by atoms with E-state index in [0.717, 1.165) is 37.1 Å². The molecule has 1 aromatic carbocycles. The minimum Gasteiger partial charge on any atom is -0.497 e. The highest BCUT2D eigenvalue weighted by Crippen LogP contribution is 2.42. The van der Waals surface area contributed by atoms with Crippen LogP contribution < -0.4 is 4.74 Å². The molecule has 1 fully saturated rings. The van der Waals surface area contributed by atoms with E-state index in [2.05, 4.69) is 19.0 Å². The molecule has 1 aliphatic carbocycles. The second-order valence-corrected chi connectivity index (χ2v) is 5.86. The fourth-order valence-corrected chi connectivity index (χ4v) is 3.18. The fourth-order valence-electron chi connectivity index (χ4n) is 3.18.